The maximum absolute atomic E-state index is 12.5. The minimum absolute atomic E-state index is 0.102. The number of amides is 4. The van der Waals surface area contributed by atoms with Crippen LogP contribution in [0.5, 0.6) is 5.75 Å². The van der Waals surface area contributed by atoms with Gasteiger partial charge < -0.3 is 30.5 Å². The molecule has 2 aromatic carbocycles. The van der Waals surface area contributed by atoms with Crippen LogP contribution in [-0.4, -0.2) is 61.6 Å². The van der Waals surface area contributed by atoms with Crippen LogP contribution in [0.25, 0.3) is 0 Å². The molecule has 10 heteroatoms. The fourth-order valence-corrected chi connectivity index (χ4v) is 3.72. The number of anilines is 3. The van der Waals surface area contributed by atoms with E-state index in [0.717, 1.165) is 5.69 Å². The summed E-state index contributed by atoms with van der Waals surface area (Å²) in [7, 11) is 0. The number of urea groups is 1. The van der Waals surface area contributed by atoms with Crippen molar-refractivity contribution in [1.29, 1.82) is 0 Å². The third-order valence-corrected chi connectivity index (χ3v) is 5.64. The highest BCUT2D eigenvalue weighted by molar-refractivity contribution is 6.30. The van der Waals surface area contributed by atoms with E-state index < -0.39 is 12.1 Å². The Kier molecular flexibility index (Phi) is 6.36. The van der Waals surface area contributed by atoms with Gasteiger partial charge in [-0.15, -0.1) is 0 Å². The van der Waals surface area contributed by atoms with Gasteiger partial charge in [0.15, 0.2) is 6.10 Å². The number of nitrogens with one attached hydrogen (secondary N) is 3. The molecule has 9 nitrogen and oxygen atoms in total. The minimum atomic E-state index is -0.566. The monoisotopic (exact) mass is 457 g/mol. The van der Waals surface area contributed by atoms with Crippen LogP contribution in [0.3, 0.4) is 0 Å². The summed E-state index contributed by atoms with van der Waals surface area (Å²) in [4.78, 5) is 40.4. The topological polar surface area (TPSA) is 103 Å². The molecular weight excluding hydrogens is 434 g/mol. The molecule has 0 aliphatic carbocycles. The summed E-state index contributed by atoms with van der Waals surface area (Å²) >= 11 is 5.94. The SMILES string of the molecule is CC1Oc2ccc(NC(=O)NCC(=O)N3CCN(c4ccc(Cl)cc4)CC3)cc2NC1=O. The Balaban J connectivity index is 1.23. The molecule has 2 aromatic rings. The maximum Gasteiger partial charge on any atom is 0.319 e. The van der Waals surface area contributed by atoms with E-state index >= 15 is 0 Å². The average molecular weight is 458 g/mol. The van der Waals surface area contributed by atoms with Gasteiger partial charge in [0.05, 0.1) is 12.2 Å². The number of fused-ring (bicyclic) bond motifs is 1. The molecular formula is C22H24ClN5O4. The maximum atomic E-state index is 12.5. The molecule has 2 aliphatic heterocycles. The van der Waals surface area contributed by atoms with Crippen LogP contribution in [0.2, 0.25) is 5.02 Å². The number of carbonyl (C=O) groups is 3. The number of benzene rings is 2. The predicted molar refractivity (Wildman–Crippen MR) is 122 cm³/mol. The molecule has 1 atom stereocenters. The van der Waals surface area contributed by atoms with Gasteiger partial charge in [-0.1, -0.05) is 11.6 Å². The van der Waals surface area contributed by atoms with Gasteiger partial charge in [-0.25, -0.2) is 4.79 Å². The smallest absolute Gasteiger partial charge is 0.319 e. The summed E-state index contributed by atoms with van der Waals surface area (Å²) in [5.74, 6) is 0.146. The van der Waals surface area contributed by atoms with Crippen molar-refractivity contribution in [3.05, 3.63) is 47.5 Å². The summed E-state index contributed by atoms with van der Waals surface area (Å²) in [6.07, 6.45) is -0.566. The molecule has 0 bridgehead atoms. The van der Waals surface area contributed by atoms with Crippen molar-refractivity contribution in [2.24, 2.45) is 0 Å². The molecule has 2 aliphatic rings. The van der Waals surface area contributed by atoms with Crippen LogP contribution in [0, 0.1) is 0 Å². The molecule has 0 aromatic heterocycles. The van der Waals surface area contributed by atoms with E-state index in [2.05, 4.69) is 20.9 Å². The number of nitrogens with zero attached hydrogens (tertiary/aromatic N) is 2. The first kappa shape index (κ1) is 21.8. The molecule has 4 rings (SSSR count). The van der Waals surface area contributed by atoms with Gasteiger partial charge in [0.25, 0.3) is 5.91 Å². The van der Waals surface area contributed by atoms with E-state index in [9.17, 15) is 14.4 Å². The molecule has 168 valence electrons. The molecule has 32 heavy (non-hydrogen) atoms. The lowest BCUT2D eigenvalue weighted by atomic mass is 10.2. The van der Waals surface area contributed by atoms with Crippen LogP contribution in [0.1, 0.15) is 6.92 Å². The van der Waals surface area contributed by atoms with Gasteiger partial charge in [0.2, 0.25) is 5.91 Å². The minimum Gasteiger partial charge on any atom is -0.479 e. The lowest BCUT2D eigenvalue weighted by molar-refractivity contribution is -0.130. The Bertz CT molecular complexity index is 1020. The van der Waals surface area contributed by atoms with Gasteiger partial charge in [0.1, 0.15) is 5.75 Å². The van der Waals surface area contributed by atoms with E-state index in [0.29, 0.717) is 48.3 Å². The molecule has 3 N–H and O–H groups in total. The number of hydrogen-bond donors (Lipinski definition) is 3. The van der Waals surface area contributed by atoms with Crippen molar-refractivity contribution in [2.75, 3.05) is 48.3 Å². The average Bonchev–Trinajstić information content (AvgIpc) is 2.79. The van der Waals surface area contributed by atoms with Crippen molar-refractivity contribution >= 4 is 46.5 Å². The largest absolute Gasteiger partial charge is 0.479 e. The number of carbonyl (C=O) groups excluding carboxylic acids is 3. The van der Waals surface area contributed by atoms with Crippen molar-refractivity contribution < 1.29 is 19.1 Å². The third-order valence-electron chi connectivity index (χ3n) is 5.39. The van der Waals surface area contributed by atoms with Crippen LogP contribution in [-0.2, 0) is 9.59 Å². The summed E-state index contributed by atoms with van der Waals surface area (Å²) in [5, 5.41) is 8.67. The lowest BCUT2D eigenvalue weighted by Crippen LogP contribution is -2.51. The molecule has 1 fully saturated rings. The Labute approximate surface area is 190 Å². The second kappa shape index (κ2) is 9.35. The van der Waals surface area contributed by atoms with Crippen LogP contribution in [0.15, 0.2) is 42.5 Å². The van der Waals surface area contributed by atoms with Gasteiger partial charge >= 0.3 is 6.03 Å². The molecule has 4 amide bonds. The van der Waals surface area contributed by atoms with Crippen molar-refractivity contribution in [3.8, 4) is 5.75 Å². The summed E-state index contributed by atoms with van der Waals surface area (Å²) in [6.45, 7) is 4.13. The number of halogens is 1. The highest BCUT2D eigenvalue weighted by Gasteiger charge is 2.24. The Morgan fingerprint density at radius 3 is 2.56 bits per heavy atom. The Morgan fingerprint density at radius 1 is 1.12 bits per heavy atom. The van der Waals surface area contributed by atoms with E-state index in [1.807, 2.05) is 24.3 Å². The fourth-order valence-electron chi connectivity index (χ4n) is 3.60. The second-order valence-corrected chi connectivity index (χ2v) is 8.05. The first-order valence-electron chi connectivity index (χ1n) is 10.3. The van der Waals surface area contributed by atoms with Crippen molar-refractivity contribution in [1.82, 2.24) is 10.2 Å². The molecule has 0 saturated carbocycles. The van der Waals surface area contributed by atoms with Crippen LogP contribution in [0.4, 0.5) is 21.9 Å². The van der Waals surface area contributed by atoms with E-state index in [1.54, 1.807) is 30.0 Å². The molecule has 2 heterocycles. The van der Waals surface area contributed by atoms with Gasteiger partial charge in [-0.2, -0.15) is 0 Å². The third kappa shape index (κ3) is 5.05. The Hall–Kier alpha value is -3.46. The lowest BCUT2D eigenvalue weighted by Gasteiger charge is -2.36. The van der Waals surface area contributed by atoms with E-state index in [1.165, 1.54) is 0 Å². The zero-order chi connectivity index (χ0) is 22.7. The van der Waals surface area contributed by atoms with Gasteiger partial charge in [0, 0.05) is 42.6 Å². The van der Waals surface area contributed by atoms with E-state index in [4.69, 9.17) is 16.3 Å². The van der Waals surface area contributed by atoms with Crippen molar-refractivity contribution in [3.63, 3.8) is 0 Å². The molecule has 0 radical (unpaired) electrons. The first-order valence-corrected chi connectivity index (χ1v) is 10.7. The van der Waals surface area contributed by atoms with Crippen LogP contribution >= 0.6 is 11.6 Å². The van der Waals surface area contributed by atoms with Gasteiger partial charge in [-0.3, -0.25) is 9.59 Å². The standard InChI is InChI=1S/C22H24ClN5O4/c1-14-21(30)26-18-12-16(4-7-19(18)32-14)25-22(31)24-13-20(29)28-10-8-27(9-11-28)17-5-2-15(23)3-6-17/h2-7,12,14H,8-11,13H2,1H3,(H,26,30)(H2,24,25,31). The number of hydrogen-bond acceptors (Lipinski definition) is 5. The van der Waals surface area contributed by atoms with E-state index in [-0.39, 0.29) is 18.4 Å². The second-order valence-electron chi connectivity index (χ2n) is 7.61. The zero-order valence-corrected chi connectivity index (χ0v) is 18.3. The zero-order valence-electron chi connectivity index (χ0n) is 17.6. The number of rotatable bonds is 4. The highest BCUT2D eigenvalue weighted by atomic mass is 35.5. The first-order chi connectivity index (χ1) is 15.4. The molecule has 0 spiro atoms. The number of piperazine rings is 1. The fraction of sp³-hybridized carbons (Fsp3) is 0.318. The normalized spacial score (nSPS) is 17.7. The number of ether oxygens (including phenoxy) is 1. The van der Waals surface area contributed by atoms with Crippen LogP contribution < -0.4 is 25.6 Å². The summed E-state index contributed by atoms with van der Waals surface area (Å²) in [5.41, 5.74) is 2.03. The van der Waals surface area contributed by atoms with Crippen molar-refractivity contribution in [2.45, 2.75) is 13.0 Å². The van der Waals surface area contributed by atoms with Gasteiger partial charge in [-0.05, 0) is 49.4 Å². The Morgan fingerprint density at radius 2 is 1.84 bits per heavy atom. The molecule has 1 unspecified atom stereocenters. The predicted octanol–water partition coefficient (Wildman–Crippen LogP) is 2.53. The summed E-state index contributed by atoms with van der Waals surface area (Å²) in [6, 6.07) is 12.1. The quantitative estimate of drug-likeness (QED) is 0.654. The highest BCUT2D eigenvalue weighted by Crippen LogP contribution is 2.32. The summed E-state index contributed by atoms with van der Waals surface area (Å²) < 4.78 is 5.49. The molecule has 1 saturated heterocycles.